The first-order valence-electron chi connectivity index (χ1n) is 7.07. The summed E-state index contributed by atoms with van der Waals surface area (Å²) in [5, 5.41) is 3.31. The van der Waals surface area contributed by atoms with Gasteiger partial charge in [-0.15, -0.1) is 12.4 Å². The summed E-state index contributed by atoms with van der Waals surface area (Å²) >= 11 is 0. The molecule has 0 radical (unpaired) electrons. The lowest BCUT2D eigenvalue weighted by molar-refractivity contribution is -0.131. The van der Waals surface area contributed by atoms with Crippen molar-refractivity contribution in [3.05, 3.63) is 35.6 Å². The second kappa shape index (κ2) is 8.97. The van der Waals surface area contributed by atoms with E-state index in [1.54, 1.807) is 30.1 Å². The van der Waals surface area contributed by atoms with Crippen molar-refractivity contribution in [2.75, 3.05) is 39.8 Å². The van der Waals surface area contributed by atoms with Gasteiger partial charge in [0.25, 0.3) is 0 Å². The number of benzene rings is 1. The highest BCUT2D eigenvalue weighted by molar-refractivity contribution is 5.85. The zero-order valence-electron chi connectivity index (χ0n) is 12.3. The van der Waals surface area contributed by atoms with Crippen molar-refractivity contribution >= 4 is 18.3 Å². The molecule has 4 nitrogen and oxygen atoms in total. The maximum Gasteiger partial charge on any atom is 0.236 e. The summed E-state index contributed by atoms with van der Waals surface area (Å²) in [4.78, 5) is 15.9. The lowest BCUT2D eigenvalue weighted by atomic mass is 10.2. The minimum atomic E-state index is -0.258. The Labute approximate surface area is 131 Å². The molecule has 1 fully saturated rings. The highest BCUT2D eigenvalue weighted by atomic mass is 35.5. The van der Waals surface area contributed by atoms with Crippen molar-refractivity contribution in [1.29, 1.82) is 0 Å². The molecule has 1 N–H and O–H groups in total. The average Bonchev–Trinajstić information content (AvgIpc) is 2.70. The first kappa shape index (κ1) is 17.9. The van der Waals surface area contributed by atoms with Gasteiger partial charge in [0.2, 0.25) is 5.91 Å². The Hall–Kier alpha value is -1.17. The van der Waals surface area contributed by atoms with Crippen molar-refractivity contribution in [1.82, 2.24) is 15.1 Å². The highest BCUT2D eigenvalue weighted by Gasteiger charge is 2.16. The number of halogens is 2. The molecular formula is C15H23ClFN3O. The van der Waals surface area contributed by atoms with E-state index in [2.05, 4.69) is 10.2 Å². The van der Waals surface area contributed by atoms with Gasteiger partial charge in [0.1, 0.15) is 5.82 Å². The van der Waals surface area contributed by atoms with Crippen LogP contribution in [-0.2, 0) is 11.3 Å². The number of hydrogen-bond acceptors (Lipinski definition) is 3. The molecule has 1 aliphatic heterocycles. The number of nitrogens with zero attached hydrogens (tertiary/aromatic N) is 2. The fourth-order valence-corrected chi connectivity index (χ4v) is 2.34. The standard InChI is InChI=1S/C15H22FN3O.ClH/c1-18(11-13-5-2-3-6-14(13)16)15(20)12-19-9-4-7-17-8-10-19;/h2-3,5-6,17H,4,7-12H2,1H3;1H. The zero-order valence-corrected chi connectivity index (χ0v) is 13.2. The van der Waals surface area contributed by atoms with Gasteiger partial charge in [-0.2, -0.15) is 0 Å². The van der Waals surface area contributed by atoms with E-state index < -0.39 is 0 Å². The van der Waals surface area contributed by atoms with Crippen molar-refractivity contribution < 1.29 is 9.18 Å². The molecular weight excluding hydrogens is 293 g/mol. The largest absolute Gasteiger partial charge is 0.340 e. The summed E-state index contributed by atoms with van der Waals surface area (Å²) in [5.41, 5.74) is 0.556. The molecule has 21 heavy (non-hydrogen) atoms. The maximum atomic E-state index is 13.6. The van der Waals surface area contributed by atoms with Gasteiger partial charge in [-0.1, -0.05) is 18.2 Å². The minimum Gasteiger partial charge on any atom is -0.340 e. The summed E-state index contributed by atoms with van der Waals surface area (Å²) in [5.74, 6) is -0.221. The van der Waals surface area contributed by atoms with Crippen LogP contribution in [0.2, 0.25) is 0 Å². The molecule has 6 heteroatoms. The quantitative estimate of drug-likeness (QED) is 0.914. The number of carbonyl (C=O) groups excluding carboxylic acids is 1. The minimum absolute atomic E-state index is 0. The van der Waals surface area contributed by atoms with E-state index in [1.807, 2.05) is 0 Å². The van der Waals surface area contributed by atoms with E-state index in [0.717, 1.165) is 32.6 Å². The van der Waals surface area contributed by atoms with E-state index in [1.165, 1.54) is 6.07 Å². The fourth-order valence-electron chi connectivity index (χ4n) is 2.34. The van der Waals surface area contributed by atoms with Crippen LogP contribution in [0.25, 0.3) is 0 Å². The van der Waals surface area contributed by atoms with Gasteiger partial charge in [0, 0.05) is 32.2 Å². The first-order chi connectivity index (χ1) is 9.66. The summed E-state index contributed by atoms with van der Waals surface area (Å²) in [7, 11) is 1.73. The van der Waals surface area contributed by atoms with Gasteiger partial charge in [-0.3, -0.25) is 9.69 Å². The number of amides is 1. The molecule has 0 bridgehead atoms. The summed E-state index contributed by atoms with van der Waals surface area (Å²) < 4.78 is 13.6. The van der Waals surface area contributed by atoms with Crippen molar-refractivity contribution in [2.24, 2.45) is 0 Å². The first-order valence-corrected chi connectivity index (χ1v) is 7.07. The molecule has 0 aliphatic carbocycles. The van der Waals surface area contributed by atoms with Crippen LogP contribution < -0.4 is 5.32 Å². The summed E-state index contributed by atoms with van der Waals surface area (Å²) in [6, 6.07) is 6.59. The Morgan fingerprint density at radius 3 is 2.86 bits per heavy atom. The summed E-state index contributed by atoms with van der Waals surface area (Å²) in [6.45, 7) is 4.48. The van der Waals surface area contributed by atoms with Gasteiger partial charge < -0.3 is 10.2 Å². The highest BCUT2D eigenvalue weighted by Crippen LogP contribution is 2.09. The fraction of sp³-hybridized carbons (Fsp3) is 0.533. The molecule has 118 valence electrons. The third-order valence-electron chi connectivity index (χ3n) is 3.58. The second-order valence-corrected chi connectivity index (χ2v) is 5.22. The molecule has 2 rings (SSSR count). The molecule has 0 saturated carbocycles. The molecule has 1 saturated heterocycles. The molecule has 0 atom stereocenters. The number of rotatable bonds is 4. The number of nitrogens with one attached hydrogen (secondary N) is 1. The molecule has 1 heterocycles. The van der Waals surface area contributed by atoms with Crippen LogP contribution in [0.4, 0.5) is 4.39 Å². The zero-order chi connectivity index (χ0) is 14.4. The van der Waals surface area contributed by atoms with Crippen molar-refractivity contribution in [2.45, 2.75) is 13.0 Å². The van der Waals surface area contributed by atoms with Gasteiger partial charge in [0.15, 0.2) is 0 Å². The second-order valence-electron chi connectivity index (χ2n) is 5.22. The monoisotopic (exact) mass is 315 g/mol. The van der Waals surface area contributed by atoms with Crippen molar-refractivity contribution in [3.8, 4) is 0 Å². The molecule has 1 aliphatic rings. The lowest BCUT2D eigenvalue weighted by Gasteiger charge is -2.23. The molecule has 0 spiro atoms. The van der Waals surface area contributed by atoms with E-state index in [4.69, 9.17) is 0 Å². The molecule has 1 aromatic carbocycles. The molecule has 0 unspecified atom stereocenters. The topological polar surface area (TPSA) is 35.6 Å². The Balaban J connectivity index is 0.00000220. The van der Waals surface area contributed by atoms with Crippen LogP contribution in [0.1, 0.15) is 12.0 Å². The van der Waals surface area contributed by atoms with Gasteiger partial charge in [0.05, 0.1) is 6.54 Å². The van der Waals surface area contributed by atoms with E-state index in [0.29, 0.717) is 18.7 Å². The van der Waals surface area contributed by atoms with Gasteiger partial charge >= 0.3 is 0 Å². The third-order valence-corrected chi connectivity index (χ3v) is 3.58. The average molecular weight is 316 g/mol. The molecule has 0 aromatic heterocycles. The predicted octanol–water partition coefficient (Wildman–Crippen LogP) is 1.50. The van der Waals surface area contributed by atoms with Crippen LogP contribution in [0.15, 0.2) is 24.3 Å². The van der Waals surface area contributed by atoms with E-state index in [-0.39, 0.29) is 24.1 Å². The van der Waals surface area contributed by atoms with Crippen molar-refractivity contribution in [3.63, 3.8) is 0 Å². The maximum absolute atomic E-state index is 13.6. The molecule has 1 aromatic rings. The van der Waals surface area contributed by atoms with Gasteiger partial charge in [-0.25, -0.2) is 4.39 Å². The normalized spacial score (nSPS) is 15.9. The van der Waals surface area contributed by atoms with Crippen LogP contribution in [0, 0.1) is 5.82 Å². The Bertz CT molecular complexity index is 450. The van der Waals surface area contributed by atoms with E-state index >= 15 is 0 Å². The van der Waals surface area contributed by atoms with Gasteiger partial charge in [-0.05, 0) is 25.6 Å². The predicted molar refractivity (Wildman–Crippen MR) is 84.0 cm³/mol. The van der Waals surface area contributed by atoms with Crippen LogP contribution in [-0.4, -0.2) is 55.5 Å². The third kappa shape index (κ3) is 5.61. The SMILES string of the molecule is CN(Cc1ccccc1F)C(=O)CN1CCCNCC1.Cl. The van der Waals surface area contributed by atoms with Crippen LogP contribution >= 0.6 is 12.4 Å². The number of carbonyl (C=O) groups is 1. The lowest BCUT2D eigenvalue weighted by Crippen LogP contribution is -2.39. The Morgan fingerprint density at radius 1 is 1.33 bits per heavy atom. The van der Waals surface area contributed by atoms with Crippen LogP contribution in [0.3, 0.4) is 0 Å². The number of likely N-dealkylation sites (N-methyl/N-ethyl adjacent to an activating group) is 1. The Kier molecular flexibility index (Phi) is 7.64. The van der Waals surface area contributed by atoms with E-state index in [9.17, 15) is 9.18 Å². The summed E-state index contributed by atoms with van der Waals surface area (Å²) in [6.07, 6.45) is 1.06. The smallest absolute Gasteiger partial charge is 0.236 e. The van der Waals surface area contributed by atoms with Crippen LogP contribution in [0.5, 0.6) is 0 Å². The number of hydrogen-bond donors (Lipinski definition) is 1. The molecule has 1 amide bonds. The Morgan fingerprint density at radius 2 is 2.10 bits per heavy atom.